The van der Waals surface area contributed by atoms with E-state index in [1.807, 2.05) is 0 Å². The van der Waals surface area contributed by atoms with Crippen LogP contribution in [0.4, 0.5) is 0 Å². The Kier molecular flexibility index (Phi) is 28.3. The lowest BCUT2D eigenvalue weighted by Gasteiger charge is -2.14. The Morgan fingerprint density at radius 1 is 0.795 bits per heavy atom. The number of nitrogens with two attached hydrogens (primary N) is 1. The number of carbonyl (C=O) groups excluding carboxylic acids is 3. The number of terminal acetylenes is 1. The summed E-state index contributed by atoms with van der Waals surface area (Å²) < 4.78 is 10.0. The molecule has 230 valence electrons. The van der Waals surface area contributed by atoms with Crippen LogP contribution < -0.4 is 5.73 Å². The first-order valence-corrected chi connectivity index (χ1v) is 13.1. The van der Waals surface area contributed by atoms with Gasteiger partial charge in [0.05, 0.1) is 6.61 Å². The van der Waals surface area contributed by atoms with E-state index < -0.39 is 24.6 Å². The summed E-state index contributed by atoms with van der Waals surface area (Å²) in [6, 6.07) is 0. The van der Waals surface area contributed by atoms with Gasteiger partial charge < -0.3 is 20.3 Å². The van der Waals surface area contributed by atoms with E-state index in [1.54, 1.807) is 0 Å². The van der Waals surface area contributed by atoms with Crippen molar-refractivity contribution in [2.24, 2.45) is 5.73 Å². The number of hydrogen-bond acceptors (Lipinski definition) is 6. The molecule has 0 aliphatic rings. The van der Waals surface area contributed by atoms with Crippen molar-refractivity contribution < 1.29 is 44.7 Å². The van der Waals surface area contributed by atoms with E-state index in [0.29, 0.717) is 0 Å². The molecular formula is C32H61NO6. The van der Waals surface area contributed by atoms with Crippen molar-refractivity contribution in [2.75, 3.05) is 13.2 Å². The number of hydrogen-bond donors (Lipinski definition) is 2. The fourth-order valence-corrected chi connectivity index (χ4v) is 2.84. The summed E-state index contributed by atoms with van der Waals surface area (Å²) >= 11 is 0. The summed E-state index contributed by atoms with van der Waals surface area (Å²) in [7, 11) is 0. The maximum Gasteiger partial charge on any atom is 0.385 e. The first-order valence-electron chi connectivity index (χ1n) is 13.1. The van der Waals surface area contributed by atoms with Gasteiger partial charge in [-0.1, -0.05) is 71.1 Å². The van der Waals surface area contributed by atoms with E-state index in [0.717, 1.165) is 19.3 Å². The first kappa shape index (κ1) is 36.9. The van der Waals surface area contributed by atoms with E-state index in [-0.39, 0.29) is 34.6 Å². The first-order chi connectivity index (χ1) is 18.9. The third-order valence-corrected chi connectivity index (χ3v) is 4.62. The van der Waals surface area contributed by atoms with E-state index in [4.69, 9.17) is 15.9 Å². The number of primary amides is 1. The maximum atomic E-state index is 11.9. The molecule has 39 heavy (non-hydrogen) atoms. The molecule has 7 nitrogen and oxygen atoms in total. The van der Waals surface area contributed by atoms with Crippen LogP contribution in [0.1, 0.15) is 107 Å². The number of ether oxygens (including phenoxy) is 2. The van der Waals surface area contributed by atoms with Crippen molar-refractivity contribution in [3.05, 3.63) is 0 Å². The van der Waals surface area contributed by atoms with Crippen LogP contribution in [0, 0.1) is 71.5 Å². The average Bonchev–Trinajstić information content (AvgIpc) is 2.90. The number of amides is 1. The highest BCUT2D eigenvalue weighted by Crippen LogP contribution is 2.12. The van der Waals surface area contributed by atoms with Gasteiger partial charge in [-0.2, -0.15) is 0 Å². The quantitative estimate of drug-likeness (QED) is 0.105. The minimum Gasteiger partial charge on any atom is -0.456 e. The van der Waals surface area contributed by atoms with Gasteiger partial charge in [-0.15, -0.1) is 6.42 Å². The summed E-state index contributed by atoms with van der Waals surface area (Å²) in [4.78, 5) is 32.7. The molecule has 0 rings (SSSR count). The monoisotopic (exact) mass is 555 g/mol. The van der Waals surface area contributed by atoms with Crippen LogP contribution in [0.25, 0.3) is 0 Å². The summed E-state index contributed by atoms with van der Waals surface area (Å²) in [6.45, 7) is 2.80. The third kappa shape index (κ3) is 33.7. The van der Waals surface area contributed by atoms with Crippen LogP contribution in [0.5, 0.6) is 0 Å². The molecule has 0 heterocycles. The van der Waals surface area contributed by atoms with Crippen LogP contribution in [-0.4, -0.2) is 42.3 Å². The Labute approximate surface area is 250 Å². The van der Waals surface area contributed by atoms with E-state index in [1.165, 1.54) is 58.3 Å². The highest BCUT2D eigenvalue weighted by molar-refractivity contribution is 5.89. The standard InChI is InChI=1S/C30H34O5.C2H5NO.11H2/c1-3-5-7-9-11-13-15-17-19-21-23-25-30(33)35-28(26-31)27-34-29(32)24-22-20-18-16-14-12-10-8-6-4-2;1-2(3)4;;;;;;;;;;;/h2,28,31H,3,5,7,9,11,13,15,17,19,21,23,25-27H2,1H3;1H3,(H2,3,4);11*1H/t28-;;;;;;;;;;;;/m0............/s1. The lowest BCUT2D eigenvalue weighted by molar-refractivity contribution is -0.159. The predicted molar refractivity (Wildman–Crippen MR) is 175 cm³/mol. The van der Waals surface area contributed by atoms with Gasteiger partial charge in [-0.05, 0) is 65.6 Å². The zero-order chi connectivity index (χ0) is 29.4. The number of rotatable bonds is 16. The molecule has 0 bridgehead atoms. The molecule has 3 N–H and O–H groups in total. The molecule has 0 aliphatic heterocycles. The van der Waals surface area contributed by atoms with Gasteiger partial charge in [0.2, 0.25) is 5.91 Å². The van der Waals surface area contributed by atoms with Gasteiger partial charge in [-0.3, -0.25) is 9.59 Å². The molecule has 0 aromatic rings. The van der Waals surface area contributed by atoms with Crippen LogP contribution >= 0.6 is 0 Å². The Morgan fingerprint density at radius 3 is 1.69 bits per heavy atom. The fraction of sp³-hybridized carbons (Fsp3) is 0.531. The topological polar surface area (TPSA) is 116 Å². The lowest BCUT2D eigenvalue weighted by Crippen LogP contribution is -2.28. The molecule has 0 radical (unpaired) electrons. The van der Waals surface area contributed by atoms with Gasteiger partial charge in [0.1, 0.15) is 6.61 Å². The molecule has 0 saturated heterocycles. The largest absolute Gasteiger partial charge is 0.456 e. The molecule has 7 heteroatoms. The van der Waals surface area contributed by atoms with Gasteiger partial charge in [0.25, 0.3) is 0 Å². The summed E-state index contributed by atoms with van der Waals surface area (Å²) in [6.07, 6.45) is 17.4. The SMILES string of the molecule is C#CC#CC#CC#CC#CC#CC(=O)OC[C@H](CO)OC(=O)CCCCCCCCCCCCC.CC(N)=O.[HH].[HH].[HH].[HH].[HH].[HH].[HH].[HH].[HH].[HH].[HH]. The normalized spacial score (nSPS) is 9.08. The molecule has 0 aromatic heterocycles. The van der Waals surface area contributed by atoms with Crippen molar-refractivity contribution in [1.29, 1.82) is 0 Å². The minimum atomic E-state index is -0.922. The lowest BCUT2D eigenvalue weighted by atomic mass is 10.1. The van der Waals surface area contributed by atoms with Gasteiger partial charge >= 0.3 is 11.9 Å². The smallest absolute Gasteiger partial charge is 0.385 e. The predicted octanol–water partition coefficient (Wildman–Crippen LogP) is 5.98. The van der Waals surface area contributed by atoms with E-state index in [9.17, 15) is 19.5 Å². The second-order valence-electron chi connectivity index (χ2n) is 8.18. The van der Waals surface area contributed by atoms with Crippen molar-refractivity contribution >= 4 is 17.8 Å². The Morgan fingerprint density at radius 2 is 1.23 bits per heavy atom. The second-order valence-corrected chi connectivity index (χ2v) is 8.18. The van der Waals surface area contributed by atoms with Gasteiger partial charge in [-0.25, -0.2) is 4.79 Å². The number of carbonyl (C=O) groups is 3. The van der Waals surface area contributed by atoms with Gasteiger partial charge in [0.15, 0.2) is 6.10 Å². The number of esters is 2. The number of unbranched alkanes of at least 4 members (excludes halogenated alkanes) is 10. The van der Waals surface area contributed by atoms with Crippen molar-refractivity contribution in [3.63, 3.8) is 0 Å². The molecule has 0 aliphatic carbocycles. The summed E-state index contributed by atoms with van der Waals surface area (Å²) in [5.41, 5.74) is 4.47. The Bertz CT molecular complexity index is 1110. The zero-order valence-electron chi connectivity index (χ0n) is 23.1. The molecule has 0 aromatic carbocycles. The van der Waals surface area contributed by atoms with E-state index in [2.05, 4.69) is 77.8 Å². The third-order valence-electron chi connectivity index (χ3n) is 4.62. The number of aliphatic hydroxyl groups is 1. The molecule has 0 unspecified atom stereocenters. The highest BCUT2D eigenvalue weighted by Gasteiger charge is 2.15. The molecule has 0 saturated carbocycles. The van der Waals surface area contributed by atoms with Crippen molar-refractivity contribution in [1.82, 2.24) is 0 Å². The van der Waals surface area contributed by atoms with Crippen LogP contribution in [-0.2, 0) is 23.9 Å². The van der Waals surface area contributed by atoms with Crippen molar-refractivity contribution in [2.45, 2.75) is 97.0 Å². The average molecular weight is 556 g/mol. The van der Waals surface area contributed by atoms with Crippen LogP contribution in [0.3, 0.4) is 0 Å². The summed E-state index contributed by atoms with van der Waals surface area (Å²) in [5, 5.41) is 9.34. The van der Waals surface area contributed by atoms with E-state index >= 15 is 0 Å². The molecule has 0 fully saturated rings. The Hall–Kier alpha value is -4.27. The van der Waals surface area contributed by atoms with Crippen LogP contribution in [0.2, 0.25) is 0 Å². The summed E-state index contributed by atoms with van der Waals surface area (Å²) in [5.74, 6) is 24.0. The molecule has 1 amide bonds. The van der Waals surface area contributed by atoms with Crippen molar-refractivity contribution in [3.8, 4) is 71.5 Å². The highest BCUT2D eigenvalue weighted by atomic mass is 16.6. The fourth-order valence-electron chi connectivity index (χ4n) is 2.84. The van der Waals surface area contributed by atoms with Gasteiger partial charge in [0, 0.05) is 35.0 Å². The number of aliphatic hydroxyl groups excluding tert-OH is 1. The molecule has 1 atom stereocenters. The molecule has 0 spiro atoms. The zero-order valence-corrected chi connectivity index (χ0v) is 23.1. The van der Waals surface area contributed by atoms with Crippen LogP contribution in [0.15, 0.2) is 0 Å². The molecular weight excluding hydrogens is 494 g/mol. The minimum absolute atomic E-state index is 0. The second kappa shape index (κ2) is 30.0. The maximum absolute atomic E-state index is 11.9. The Balaban J connectivity index is -0.0000000784.